The number of ether oxygens (including phenoxy) is 1. The van der Waals surface area contributed by atoms with E-state index >= 15 is 0 Å². The van der Waals surface area contributed by atoms with Crippen LogP contribution in [0.2, 0.25) is 0 Å². The van der Waals surface area contributed by atoms with E-state index in [1.807, 2.05) is 6.07 Å². The van der Waals surface area contributed by atoms with E-state index in [4.69, 9.17) is 4.74 Å². The van der Waals surface area contributed by atoms with Gasteiger partial charge in [-0.1, -0.05) is 42.5 Å². The fourth-order valence-electron chi connectivity index (χ4n) is 4.37. The Morgan fingerprint density at radius 1 is 0.944 bits per heavy atom. The Morgan fingerprint density at radius 3 is 2.06 bits per heavy atom. The summed E-state index contributed by atoms with van der Waals surface area (Å²) in [5, 5.41) is 15.8. The van der Waals surface area contributed by atoms with E-state index in [0.717, 1.165) is 0 Å². The lowest BCUT2D eigenvalue weighted by molar-refractivity contribution is 0.0340. The normalized spacial score (nSPS) is 14.5. The summed E-state index contributed by atoms with van der Waals surface area (Å²) in [7, 11) is 0. The molecular weight excluding hydrogens is 459 g/mol. The lowest BCUT2D eigenvalue weighted by Gasteiger charge is -2.43. The van der Waals surface area contributed by atoms with Gasteiger partial charge in [-0.05, 0) is 42.0 Å². The summed E-state index contributed by atoms with van der Waals surface area (Å²) in [6, 6.07) is 20.5. The van der Waals surface area contributed by atoms with Gasteiger partial charge in [-0.3, -0.25) is 14.9 Å². The molecule has 0 aliphatic carbocycles. The minimum absolute atomic E-state index is 0.289. The number of nitrogens with one attached hydrogen (secondary N) is 1. The number of benzene rings is 2. The Labute approximate surface area is 208 Å². The number of hydrogen-bond donors (Lipinski definition) is 2. The molecule has 1 saturated heterocycles. The highest BCUT2D eigenvalue weighted by Crippen LogP contribution is 2.46. The van der Waals surface area contributed by atoms with Crippen molar-refractivity contribution in [2.24, 2.45) is 0 Å². The molecule has 0 spiro atoms. The summed E-state index contributed by atoms with van der Waals surface area (Å²) >= 11 is 0. The van der Waals surface area contributed by atoms with Crippen LogP contribution in [0.5, 0.6) is 0 Å². The number of pyridine rings is 2. The topological polar surface area (TPSA) is 87.6 Å². The van der Waals surface area contributed by atoms with Crippen LogP contribution >= 0.6 is 0 Å². The second kappa shape index (κ2) is 10.2. The molecule has 1 fully saturated rings. The standard InChI is InChI=1S/C28H25FN4O3/c29-23-12-10-20(11-13-23)26(28(35,21-6-4-14-30-16-21)22-7-5-15-31-17-22)33(24-8-2-1-3-9-24)27(34)36-25-18-32-19-25/h1-17,25-26,32,35H,18-19H2. The fraction of sp³-hybridized carbons (Fsp3) is 0.179. The number of aromatic nitrogens is 2. The van der Waals surface area contributed by atoms with Crippen molar-refractivity contribution in [2.45, 2.75) is 17.7 Å². The van der Waals surface area contributed by atoms with Gasteiger partial charge in [0, 0.05) is 54.7 Å². The number of nitrogens with zero attached hydrogens (tertiary/aromatic N) is 3. The zero-order valence-electron chi connectivity index (χ0n) is 19.4. The van der Waals surface area contributed by atoms with Crippen molar-refractivity contribution >= 4 is 11.8 Å². The lowest BCUT2D eigenvalue weighted by Crippen LogP contribution is -2.53. The summed E-state index contributed by atoms with van der Waals surface area (Å²) in [6.45, 7) is 1.09. The van der Waals surface area contributed by atoms with E-state index in [1.54, 1.807) is 85.5 Å². The molecule has 7 nitrogen and oxygen atoms in total. The molecule has 2 aromatic heterocycles. The zero-order valence-corrected chi connectivity index (χ0v) is 19.4. The predicted octanol–water partition coefficient (Wildman–Crippen LogP) is 4.21. The molecule has 182 valence electrons. The Morgan fingerprint density at radius 2 is 1.56 bits per heavy atom. The van der Waals surface area contributed by atoms with E-state index < -0.39 is 23.6 Å². The van der Waals surface area contributed by atoms with Gasteiger partial charge < -0.3 is 15.2 Å². The van der Waals surface area contributed by atoms with Gasteiger partial charge >= 0.3 is 6.09 Å². The Bertz CT molecular complexity index is 1250. The number of amides is 1. The number of aliphatic hydroxyl groups is 1. The third-order valence-electron chi connectivity index (χ3n) is 6.29. The average Bonchev–Trinajstić information content (AvgIpc) is 2.91. The molecule has 36 heavy (non-hydrogen) atoms. The summed E-state index contributed by atoms with van der Waals surface area (Å²) in [4.78, 5) is 23.7. The van der Waals surface area contributed by atoms with Gasteiger partial charge in [0.25, 0.3) is 0 Å². The first-order valence-electron chi connectivity index (χ1n) is 11.6. The van der Waals surface area contributed by atoms with Crippen molar-refractivity contribution in [3.8, 4) is 0 Å². The molecule has 1 atom stereocenters. The van der Waals surface area contributed by atoms with Gasteiger partial charge in [0.1, 0.15) is 23.6 Å². The summed E-state index contributed by atoms with van der Waals surface area (Å²) in [5.74, 6) is -0.432. The van der Waals surface area contributed by atoms with Gasteiger partial charge in [0.05, 0.1) is 0 Å². The van der Waals surface area contributed by atoms with Crippen molar-refractivity contribution in [3.63, 3.8) is 0 Å². The number of anilines is 1. The highest BCUT2D eigenvalue weighted by atomic mass is 19.1. The van der Waals surface area contributed by atoms with E-state index in [0.29, 0.717) is 35.5 Å². The largest absolute Gasteiger partial charge is 0.443 e. The Hall–Kier alpha value is -4.14. The molecule has 2 N–H and O–H groups in total. The summed E-state index contributed by atoms with van der Waals surface area (Å²) in [6.07, 6.45) is 5.39. The number of carbonyl (C=O) groups is 1. The van der Waals surface area contributed by atoms with Crippen LogP contribution in [0.4, 0.5) is 14.9 Å². The molecule has 1 aliphatic rings. The maximum Gasteiger partial charge on any atom is 0.415 e. The molecule has 1 amide bonds. The maximum atomic E-state index is 14.0. The Balaban J connectivity index is 1.76. The fourth-order valence-corrected chi connectivity index (χ4v) is 4.37. The average molecular weight is 485 g/mol. The van der Waals surface area contributed by atoms with Crippen LogP contribution in [0, 0.1) is 5.82 Å². The summed E-state index contributed by atoms with van der Waals surface area (Å²) < 4.78 is 19.8. The molecular formula is C28H25FN4O3. The van der Waals surface area contributed by atoms with Gasteiger partial charge in [-0.2, -0.15) is 0 Å². The third kappa shape index (κ3) is 4.56. The minimum Gasteiger partial charge on any atom is -0.443 e. The van der Waals surface area contributed by atoms with E-state index in [1.165, 1.54) is 17.0 Å². The van der Waals surface area contributed by atoms with E-state index in [9.17, 15) is 14.3 Å². The van der Waals surface area contributed by atoms with Crippen LogP contribution in [0.15, 0.2) is 104 Å². The SMILES string of the molecule is O=C(OC1CNC1)N(c1ccccc1)C(c1ccc(F)cc1)C(O)(c1cccnc1)c1cccnc1. The van der Waals surface area contributed by atoms with Gasteiger partial charge in [0.15, 0.2) is 0 Å². The maximum absolute atomic E-state index is 14.0. The van der Waals surface area contributed by atoms with Crippen LogP contribution in [0.3, 0.4) is 0 Å². The number of halogens is 1. The predicted molar refractivity (Wildman–Crippen MR) is 133 cm³/mol. The number of para-hydroxylation sites is 1. The second-order valence-corrected chi connectivity index (χ2v) is 8.57. The third-order valence-corrected chi connectivity index (χ3v) is 6.29. The van der Waals surface area contributed by atoms with Gasteiger partial charge in [-0.25, -0.2) is 9.18 Å². The van der Waals surface area contributed by atoms with E-state index in [2.05, 4.69) is 15.3 Å². The molecule has 1 unspecified atom stereocenters. The van der Waals surface area contributed by atoms with Crippen LogP contribution in [-0.4, -0.2) is 40.4 Å². The van der Waals surface area contributed by atoms with E-state index in [-0.39, 0.29) is 6.10 Å². The molecule has 0 radical (unpaired) electrons. The molecule has 4 aromatic rings. The zero-order chi connectivity index (χ0) is 25.0. The van der Waals surface area contributed by atoms with Crippen LogP contribution < -0.4 is 10.2 Å². The summed E-state index contributed by atoms with van der Waals surface area (Å²) in [5.41, 5.74) is 0.0553. The molecule has 0 saturated carbocycles. The molecule has 0 bridgehead atoms. The first-order valence-corrected chi connectivity index (χ1v) is 11.6. The minimum atomic E-state index is -1.83. The van der Waals surface area contributed by atoms with Crippen LogP contribution in [0.25, 0.3) is 0 Å². The lowest BCUT2D eigenvalue weighted by atomic mass is 9.77. The quantitative estimate of drug-likeness (QED) is 0.409. The van der Waals surface area contributed by atoms with Crippen molar-refractivity contribution in [2.75, 3.05) is 18.0 Å². The van der Waals surface area contributed by atoms with Gasteiger partial charge in [0.2, 0.25) is 0 Å². The van der Waals surface area contributed by atoms with Crippen LogP contribution in [-0.2, 0) is 10.3 Å². The van der Waals surface area contributed by atoms with Crippen molar-refractivity contribution < 1.29 is 19.0 Å². The van der Waals surface area contributed by atoms with Gasteiger partial charge in [-0.15, -0.1) is 0 Å². The number of rotatable bonds is 7. The monoisotopic (exact) mass is 484 g/mol. The van der Waals surface area contributed by atoms with Crippen molar-refractivity contribution in [3.05, 3.63) is 126 Å². The smallest absolute Gasteiger partial charge is 0.415 e. The Kier molecular flexibility index (Phi) is 6.71. The van der Waals surface area contributed by atoms with Crippen molar-refractivity contribution in [1.82, 2.24) is 15.3 Å². The molecule has 5 rings (SSSR count). The molecule has 3 heterocycles. The second-order valence-electron chi connectivity index (χ2n) is 8.57. The molecule has 8 heteroatoms. The number of hydrogen-bond acceptors (Lipinski definition) is 6. The first kappa shape index (κ1) is 23.6. The number of carbonyl (C=O) groups excluding carboxylic acids is 1. The molecule has 1 aliphatic heterocycles. The first-order chi connectivity index (χ1) is 17.6. The molecule has 2 aromatic carbocycles. The highest BCUT2D eigenvalue weighted by molar-refractivity contribution is 5.89. The van der Waals surface area contributed by atoms with Crippen molar-refractivity contribution in [1.29, 1.82) is 0 Å². The highest BCUT2D eigenvalue weighted by Gasteiger charge is 2.48. The van der Waals surface area contributed by atoms with Crippen LogP contribution in [0.1, 0.15) is 22.7 Å².